The van der Waals surface area contributed by atoms with Gasteiger partial charge in [-0.25, -0.2) is 8.42 Å². The van der Waals surface area contributed by atoms with Crippen LogP contribution in [0.3, 0.4) is 0 Å². The first kappa shape index (κ1) is 14.8. The van der Waals surface area contributed by atoms with E-state index in [1.54, 1.807) is 37.3 Å². The lowest BCUT2D eigenvalue weighted by molar-refractivity contribution is 0.282. The van der Waals surface area contributed by atoms with Gasteiger partial charge in [0, 0.05) is 10.7 Å². The Hall–Kier alpha value is -1.56. The zero-order valence-electron chi connectivity index (χ0n) is 10.8. The Morgan fingerprint density at radius 3 is 2.35 bits per heavy atom. The van der Waals surface area contributed by atoms with Crippen LogP contribution in [0, 0.1) is 6.92 Å². The van der Waals surface area contributed by atoms with Crippen molar-refractivity contribution in [2.24, 2.45) is 0 Å². The van der Waals surface area contributed by atoms with E-state index in [1.807, 2.05) is 0 Å². The summed E-state index contributed by atoms with van der Waals surface area (Å²) < 4.78 is 27.1. The Bertz CT molecular complexity index is 712. The SMILES string of the molecule is Cc1cc(Cl)ccc1S(=O)(=O)Nc1ccc(CO)cc1. The van der Waals surface area contributed by atoms with Crippen LogP contribution in [-0.2, 0) is 16.6 Å². The largest absolute Gasteiger partial charge is 0.392 e. The van der Waals surface area contributed by atoms with Gasteiger partial charge in [-0.2, -0.15) is 0 Å². The fourth-order valence-corrected chi connectivity index (χ4v) is 3.32. The van der Waals surface area contributed by atoms with E-state index in [-0.39, 0.29) is 11.5 Å². The minimum atomic E-state index is -3.65. The van der Waals surface area contributed by atoms with Gasteiger partial charge in [0.1, 0.15) is 0 Å². The van der Waals surface area contributed by atoms with Crippen molar-refractivity contribution in [3.63, 3.8) is 0 Å². The summed E-state index contributed by atoms with van der Waals surface area (Å²) in [5, 5.41) is 9.44. The molecule has 0 fully saturated rings. The van der Waals surface area contributed by atoms with Gasteiger partial charge in [-0.05, 0) is 48.4 Å². The lowest BCUT2D eigenvalue weighted by atomic mass is 10.2. The van der Waals surface area contributed by atoms with Gasteiger partial charge in [-0.15, -0.1) is 0 Å². The number of rotatable bonds is 4. The van der Waals surface area contributed by atoms with E-state index in [2.05, 4.69) is 4.72 Å². The van der Waals surface area contributed by atoms with Crippen molar-refractivity contribution in [2.75, 3.05) is 4.72 Å². The summed E-state index contributed by atoms with van der Waals surface area (Å²) in [6.45, 7) is 1.61. The maximum Gasteiger partial charge on any atom is 0.262 e. The fourth-order valence-electron chi connectivity index (χ4n) is 1.80. The predicted molar refractivity (Wildman–Crippen MR) is 79.4 cm³/mol. The molecule has 0 heterocycles. The van der Waals surface area contributed by atoms with Crippen LogP contribution in [-0.4, -0.2) is 13.5 Å². The normalized spacial score (nSPS) is 11.3. The molecule has 2 aromatic rings. The maximum absolute atomic E-state index is 12.3. The molecule has 20 heavy (non-hydrogen) atoms. The summed E-state index contributed by atoms with van der Waals surface area (Å²) in [5.74, 6) is 0. The molecule has 4 nitrogen and oxygen atoms in total. The van der Waals surface area contributed by atoms with Gasteiger partial charge in [0.05, 0.1) is 11.5 Å². The zero-order chi connectivity index (χ0) is 14.8. The van der Waals surface area contributed by atoms with Crippen molar-refractivity contribution in [3.8, 4) is 0 Å². The van der Waals surface area contributed by atoms with Crippen molar-refractivity contribution in [3.05, 3.63) is 58.6 Å². The van der Waals surface area contributed by atoms with Crippen LogP contribution < -0.4 is 4.72 Å². The average Bonchev–Trinajstić information content (AvgIpc) is 2.38. The Morgan fingerprint density at radius 2 is 1.80 bits per heavy atom. The van der Waals surface area contributed by atoms with Crippen molar-refractivity contribution in [1.82, 2.24) is 0 Å². The highest BCUT2D eigenvalue weighted by molar-refractivity contribution is 7.92. The zero-order valence-corrected chi connectivity index (χ0v) is 12.4. The van der Waals surface area contributed by atoms with Crippen LogP contribution in [0.2, 0.25) is 5.02 Å². The number of hydrogen-bond donors (Lipinski definition) is 2. The van der Waals surface area contributed by atoms with Gasteiger partial charge < -0.3 is 5.11 Å². The predicted octanol–water partition coefficient (Wildman–Crippen LogP) is 2.94. The number of aliphatic hydroxyl groups excluding tert-OH is 1. The topological polar surface area (TPSA) is 66.4 Å². The Balaban J connectivity index is 2.30. The number of anilines is 1. The Labute approximate surface area is 123 Å². The molecule has 106 valence electrons. The van der Waals surface area contributed by atoms with E-state index in [0.717, 1.165) is 5.56 Å². The molecule has 0 spiro atoms. The van der Waals surface area contributed by atoms with Crippen LogP contribution in [0.5, 0.6) is 0 Å². The summed E-state index contributed by atoms with van der Waals surface area (Å²) >= 11 is 5.82. The molecule has 0 bridgehead atoms. The molecule has 2 N–H and O–H groups in total. The number of aryl methyl sites for hydroxylation is 1. The molecule has 0 aromatic heterocycles. The van der Waals surface area contributed by atoms with Gasteiger partial charge in [0.2, 0.25) is 0 Å². The van der Waals surface area contributed by atoms with Gasteiger partial charge >= 0.3 is 0 Å². The van der Waals surface area contributed by atoms with Crippen molar-refractivity contribution in [2.45, 2.75) is 18.4 Å². The number of nitrogens with one attached hydrogen (secondary N) is 1. The summed E-state index contributed by atoms with van der Waals surface area (Å²) in [7, 11) is -3.65. The molecular formula is C14H14ClNO3S. The standard InChI is InChI=1S/C14H14ClNO3S/c1-10-8-12(15)4-7-14(10)20(18,19)16-13-5-2-11(9-17)3-6-13/h2-8,16-17H,9H2,1H3. The minimum Gasteiger partial charge on any atom is -0.392 e. The first-order chi connectivity index (χ1) is 9.42. The number of halogens is 1. The monoisotopic (exact) mass is 311 g/mol. The van der Waals surface area contributed by atoms with Gasteiger partial charge in [0.15, 0.2) is 0 Å². The average molecular weight is 312 g/mol. The van der Waals surface area contributed by atoms with Crippen LogP contribution >= 0.6 is 11.6 Å². The highest BCUT2D eigenvalue weighted by Crippen LogP contribution is 2.22. The second-order valence-corrected chi connectivity index (χ2v) is 6.46. The molecule has 0 atom stereocenters. The molecule has 2 aromatic carbocycles. The molecular weight excluding hydrogens is 298 g/mol. The molecule has 0 saturated heterocycles. The highest BCUT2D eigenvalue weighted by Gasteiger charge is 2.16. The van der Waals surface area contributed by atoms with Crippen LogP contribution in [0.15, 0.2) is 47.4 Å². The molecule has 0 aliphatic heterocycles. The van der Waals surface area contributed by atoms with E-state index < -0.39 is 10.0 Å². The molecule has 0 amide bonds. The van der Waals surface area contributed by atoms with E-state index >= 15 is 0 Å². The third-order valence-corrected chi connectivity index (χ3v) is 4.59. The third kappa shape index (κ3) is 3.30. The van der Waals surface area contributed by atoms with Crippen LogP contribution in [0.4, 0.5) is 5.69 Å². The third-order valence-electron chi connectivity index (χ3n) is 2.82. The first-order valence-electron chi connectivity index (χ1n) is 5.91. The second kappa shape index (κ2) is 5.83. The van der Waals surface area contributed by atoms with Crippen molar-refractivity contribution >= 4 is 27.3 Å². The van der Waals surface area contributed by atoms with Gasteiger partial charge in [0.25, 0.3) is 10.0 Å². The fraction of sp³-hybridized carbons (Fsp3) is 0.143. The molecule has 0 radical (unpaired) electrons. The molecule has 0 saturated carbocycles. The summed E-state index contributed by atoms with van der Waals surface area (Å²) in [5.41, 5.74) is 1.74. The van der Waals surface area contributed by atoms with Crippen molar-refractivity contribution < 1.29 is 13.5 Å². The lowest BCUT2D eigenvalue weighted by Crippen LogP contribution is -2.14. The molecule has 6 heteroatoms. The van der Waals surface area contributed by atoms with E-state index in [9.17, 15) is 8.42 Å². The smallest absolute Gasteiger partial charge is 0.262 e. The Morgan fingerprint density at radius 1 is 1.15 bits per heavy atom. The minimum absolute atomic E-state index is 0.0800. The summed E-state index contributed by atoms with van der Waals surface area (Å²) in [6.07, 6.45) is 0. The quantitative estimate of drug-likeness (QED) is 0.912. The summed E-state index contributed by atoms with van der Waals surface area (Å²) in [6, 6.07) is 11.1. The van der Waals surface area contributed by atoms with Crippen molar-refractivity contribution in [1.29, 1.82) is 0 Å². The Kier molecular flexibility index (Phi) is 4.32. The lowest BCUT2D eigenvalue weighted by Gasteiger charge is -2.11. The van der Waals surface area contributed by atoms with Crippen LogP contribution in [0.1, 0.15) is 11.1 Å². The number of aliphatic hydroxyl groups is 1. The van der Waals surface area contributed by atoms with Crippen LogP contribution in [0.25, 0.3) is 0 Å². The van der Waals surface area contributed by atoms with Gasteiger partial charge in [-0.1, -0.05) is 23.7 Å². The molecule has 0 aliphatic rings. The maximum atomic E-state index is 12.3. The number of hydrogen-bond acceptors (Lipinski definition) is 3. The van der Waals surface area contributed by atoms with E-state index in [0.29, 0.717) is 16.3 Å². The number of benzene rings is 2. The van der Waals surface area contributed by atoms with E-state index in [1.165, 1.54) is 12.1 Å². The highest BCUT2D eigenvalue weighted by atomic mass is 35.5. The van der Waals surface area contributed by atoms with Gasteiger partial charge in [-0.3, -0.25) is 4.72 Å². The first-order valence-corrected chi connectivity index (χ1v) is 7.77. The molecule has 2 rings (SSSR count). The molecule has 0 aliphatic carbocycles. The summed E-state index contributed by atoms with van der Waals surface area (Å²) in [4.78, 5) is 0.188. The second-order valence-electron chi connectivity index (χ2n) is 4.37. The molecule has 0 unspecified atom stereocenters. The van der Waals surface area contributed by atoms with E-state index in [4.69, 9.17) is 16.7 Å². The number of sulfonamides is 1.